The Bertz CT molecular complexity index is 2320. The van der Waals surface area contributed by atoms with Gasteiger partial charge >= 0.3 is 35.5 Å². The van der Waals surface area contributed by atoms with Crippen LogP contribution in [-0.4, -0.2) is 39.5 Å². The van der Waals surface area contributed by atoms with Crippen LogP contribution in [0.5, 0.6) is 11.5 Å². The Kier molecular flexibility index (Phi) is 15.5. The van der Waals surface area contributed by atoms with Gasteiger partial charge in [0.25, 0.3) is 0 Å². The molecule has 2 unspecified atom stereocenters. The van der Waals surface area contributed by atoms with Crippen LogP contribution in [0.1, 0.15) is 85.7 Å². The summed E-state index contributed by atoms with van der Waals surface area (Å²) in [6.45, 7) is 0.263. The van der Waals surface area contributed by atoms with Crippen LogP contribution >= 0.6 is 0 Å². The second kappa shape index (κ2) is 21.1. The maximum atomic E-state index is 12.7. The summed E-state index contributed by atoms with van der Waals surface area (Å²) < 4.78 is 11.7. The molecule has 10 nitrogen and oxygen atoms in total. The van der Waals surface area contributed by atoms with Gasteiger partial charge in [0.2, 0.25) is 5.91 Å². The molecule has 0 saturated heterocycles. The van der Waals surface area contributed by atoms with Gasteiger partial charge in [-0.3, -0.25) is 9.59 Å². The Balaban J connectivity index is 0.000000197. The van der Waals surface area contributed by atoms with E-state index in [1.165, 1.54) is 0 Å². The van der Waals surface area contributed by atoms with Gasteiger partial charge in [0.05, 0.1) is 46.8 Å². The summed E-state index contributed by atoms with van der Waals surface area (Å²) in [5.74, 6) is -1.16. The van der Waals surface area contributed by atoms with Crippen molar-refractivity contribution in [2.75, 3.05) is 6.54 Å². The van der Waals surface area contributed by atoms with E-state index in [4.69, 9.17) is 9.47 Å². The van der Waals surface area contributed by atoms with Crippen molar-refractivity contribution in [1.82, 2.24) is 15.3 Å². The van der Waals surface area contributed by atoms with E-state index in [0.717, 1.165) is 101 Å². The van der Waals surface area contributed by atoms with Crippen molar-refractivity contribution < 1.29 is 63.6 Å². The van der Waals surface area contributed by atoms with Crippen LogP contribution in [0.3, 0.4) is 0 Å². The van der Waals surface area contributed by atoms with E-state index < -0.39 is 24.4 Å². The second-order valence-electron chi connectivity index (χ2n) is 15.2. The van der Waals surface area contributed by atoms with Crippen LogP contribution in [0.4, 0.5) is 0 Å². The molecule has 1 amide bonds. The molecule has 59 heavy (non-hydrogen) atoms. The minimum absolute atomic E-state index is 0. The summed E-state index contributed by atoms with van der Waals surface area (Å²) in [6, 6.07) is 38.9. The number of benzene rings is 4. The van der Waals surface area contributed by atoms with Crippen LogP contribution in [0.2, 0.25) is 0 Å². The molecule has 8 rings (SSSR count). The summed E-state index contributed by atoms with van der Waals surface area (Å²) in [4.78, 5) is 44.4. The van der Waals surface area contributed by atoms with Crippen molar-refractivity contribution >= 4 is 39.7 Å². The zero-order valence-corrected chi connectivity index (χ0v) is 35.4. The molecule has 0 aliphatic heterocycles. The molecule has 2 heterocycles. The average Bonchev–Trinajstić information content (AvgIpc) is 3.99. The number of hydrogen-bond acceptors (Lipinski definition) is 8. The molecule has 2 atom stereocenters. The zero-order valence-electron chi connectivity index (χ0n) is 33.4. The van der Waals surface area contributed by atoms with Crippen LogP contribution in [0, 0.1) is 11.8 Å². The fraction of sp³-hybridized carbons (Fsp3) is 0.312. The summed E-state index contributed by atoms with van der Waals surface area (Å²) in [5.41, 5.74) is 5.33. The number of carbonyl (C=O) groups is 3. The molecule has 6 aromatic rings. The first-order valence-corrected chi connectivity index (χ1v) is 20.2. The quantitative estimate of drug-likeness (QED) is 0.143. The van der Waals surface area contributed by atoms with E-state index >= 15 is 0 Å². The van der Waals surface area contributed by atoms with Gasteiger partial charge < -0.3 is 29.8 Å². The molecule has 2 saturated carbocycles. The Hall–Kier alpha value is -5.29. The first-order valence-electron chi connectivity index (χ1n) is 20.2. The average molecular weight is 802 g/mol. The molecule has 2 fully saturated rings. The summed E-state index contributed by atoms with van der Waals surface area (Å²) in [5, 5.41) is 25.1. The molecular formula is C48H48N3NaO7. The van der Waals surface area contributed by atoms with Crippen molar-refractivity contribution in [2.45, 2.75) is 76.4 Å². The Morgan fingerprint density at radius 3 is 1.47 bits per heavy atom. The molecule has 4 aromatic carbocycles. The van der Waals surface area contributed by atoms with Crippen molar-refractivity contribution in [1.29, 1.82) is 0 Å². The first-order chi connectivity index (χ1) is 28.3. The van der Waals surface area contributed by atoms with Gasteiger partial charge in [0.15, 0.2) is 0 Å². The number of ether oxygens (including phenoxy) is 2. The standard InChI is InChI=1S/C25H26N2O4.C23H23NO3.Na/c28-23(29)15-26-25(30)24(18-6-1-2-7-18)19-10-13-21(14-11-19)31-16-20-12-9-17-5-3-4-8-22(17)27-20;25-23(26)22(17-6-1-2-7-17)18-10-13-20(14-11-18)27-15-19-12-9-16-5-3-4-8-21(16)24-19;/h3-5,8-14,18,24H,1-2,6-7,15-16H2,(H,26,30)(H,28,29);3-5,8-14,17,22H,1-2,6-7,15H2,(H,25,26);/q;;+1/p-1. The van der Waals surface area contributed by atoms with Gasteiger partial charge in [0, 0.05) is 10.8 Å². The number of carbonyl (C=O) groups excluding carboxylic acids is 2. The van der Waals surface area contributed by atoms with Gasteiger partial charge in [0.1, 0.15) is 24.7 Å². The van der Waals surface area contributed by atoms with E-state index in [9.17, 15) is 24.6 Å². The third kappa shape index (κ3) is 11.7. The minimum atomic E-state index is -1.29. The van der Waals surface area contributed by atoms with Crippen LogP contribution < -0.4 is 49.5 Å². The van der Waals surface area contributed by atoms with Crippen molar-refractivity contribution in [2.24, 2.45) is 11.8 Å². The monoisotopic (exact) mass is 801 g/mol. The molecule has 2 N–H and O–H groups in total. The number of aromatic nitrogens is 2. The van der Waals surface area contributed by atoms with E-state index in [2.05, 4.69) is 15.3 Å². The number of carboxylic acid groups (broad SMARTS) is 2. The number of aliphatic carboxylic acids is 2. The molecule has 2 aliphatic rings. The van der Waals surface area contributed by atoms with E-state index in [1.807, 2.05) is 121 Å². The van der Waals surface area contributed by atoms with E-state index in [-0.39, 0.29) is 53.2 Å². The largest absolute Gasteiger partial charge is 1.00 e. The summed E-state index contributed by atoms with van der Waals surface area (Å²) in [7, 11) is 0. The molecule has 0 radical (unpaired) electrons. The van der Waals surface area contributed by atoms with Crippen molar-refractivity contribution in [3.8, 4) is 11.5 Å². The minimum Gasteiger partial charge on any atom is -0.548 e. The fourth-order valence-electron chi connectivity index (χ4n) is 8.34. The van der Waals surface area contributed by atoms with Gasteiger partial charge in [-0.15, -0.1) is 0 Å². The molecular weight excluding hydrogens is 754 g/mol. The smallest absolute Gasteiger partial charge is 0.548 e. The Labute approximate surface area is 366 Å². The molecule has 0 spiro atoms. The number of hydrogen-bond donors (Lipinski definition) is 2. The van der Waals surface area contributed by atoms with Gasteiger partial charge in [-0.25, -0.2) is 9.97 Å². The molecule has 11 heteroatoms. The third-order valence-corrected chi connectivity index (χ3v) is 11.3. The SMILES string of the molecule is O=C(O)C(c1ccc(OCc2ccc3ccccc3n2)cc1)C1CCCC1.O=C([O-])CNC(=O)C(c1ccc(OCc2ccc3ccccc3n2)cc1)C1CCCC1.[Na+]. The summed E-state index contributed by atoms with van der Waals surface area (Å²) >= 11 is 0. The van der Waals surface area contributed by atoms with Gasteiger partial charge in [-0.1, -0.05) is 98.5 Å². The van der Waals surface area contributed by atoms with Crippen molar-refractivity contribution in [3.63, 3.8) is 0 Å². The normalized spacial score (nSPS) is 15.1. The van der Waals surface area contributed by atoms with Crippen molar-refractivity contribution in [3.05, 3.63) is 144 Å². The number of para-hydroxylation sites is 2. The Morgan fingerprint density at radius 2 is 1.03 bits per heavy atom. The number of rotatable bonds is 14. The number of nitrogens with zero attached hydrogens (tertiary/aromatic N) is 2. The predicted octanol–water partition coefficient (Wildman–Crippen LogP) is 5.13. The first kappa shape index (κ1) is 43.3. The molecule has 2 aliphatic carbocycles. The van der Waals surface area contributed by atoms with E-state index in [1.54, 1.807) is 0 Å². The summed E-state index contributed by atoms with van der Waals surface area (Å²) in [6.07, 6.45) is 8.39. The van der Waals surface area contributed by atoms with Gasteiger partial charge in [-0.2, -0.15) is 0 Å². The van der Waals surface area contributed by atoms with E-state index in [0.29, 0.717) is 19.0 Å². The zero-order chi connectivity index (χ0) is 40.3. The topological polar surface area (TPSA) is 151 Å². The maximum absolute atomic E-state index is 12.7. The molecule has 2 aromatic heterocycles. The van der Waals surface area contributed by atoms with Crippen LogP contribution in [-0.2, 0) is 27.6 Å². The van der Waals surface area contributed by atoms with Crippen LogP contribution in [0.25, 0.3) is 21.8 Å². The second-order valence-corrected chi connectivity index (χ2v) is 15.2. The number of nitrogens with one attached hydrogen (secondary N) is 1. The van der Waals surface area contributed by atoms with Gasteiger partial charge in [-0.05, 0) is 97.2 Å². The van der Waals surface area contributed by atoms with Crippen LogP contribution in [0.15, 0.2) is 121 Å². The number of fused-ring (bicyclic) bond motifs is 2. The number of amides is 1. The Morgan fingerprint density at radius 1 is 0.610 bits per heavy atom. The predicted molar refractivity (Wildman–Crippen MR) is 220 cm³/mol. The molecule has 0 bridgehead atoms. The number of carboxylic acids is 2. The fourth-order valence-corrected chi connectivity index (χ4v) is 8.34. The molecule has 298 valence electrons. The maximum Gasteiger partial charge on any atom is 1.00 e. The number of pyridine rings is 2. The third-order valence-electron chi connectivity index (χ3n) is 11.3.